The third kappa shape index (κ3) is 4.77. The summed E-state index contributed by atoms with van der Waals surface area (Å²) in [6.07, 6.45) is 0.0197. The molecule has 2 rings (SSSR count). The number of methoxy groups -OCH3 is 1. The Kier molecular flexibility index (Phi) is 5.77. The van der Waals surface area contributed by atoms with Crippen molar-refractivity contribution in [3.05, 3.63) is 59.9 Å². The van der Waals surface area contributed by atoms with Crippen molar-refractivity contribution in [1.29, 1.82) is 0 Å². The average molecular weight is 303 g/mol. The summed E-state index contributed by atoms with van der Waals surface area (Å²) in [5, 5.41) is 2.70. The maximum atomic E-state index is 13.4. The summed E-state index contributed by atoms with van der Waals surface area (Å²) in [6, 6.07) is 13.5. The number of halogens is 1. The first-order chi connectivity index (χ1) is 10.7. The van der Waals surface area contributed by atoms with Gasteiger partial charge in [-0.15, -0.1) is 0 Å². The maximum Gasteiger partial charge on any atom is 0.224 e. The molecule has 0 aromatic heterocycles. The van der Waals surface area contributed by atoms with Crippen LogP contribution in [0.1, 0.15) is 5.56 Å². The molecule has 5 heteroatoms. The smallest absolute Gasteiger partial charge is 0.224 e. The van der Waals surface area contributed by atoms with Crippen LogP contribution in [0.5, 0.6) is 11.5 Å². The lowest BCUT2D eigenvalue weighted by Crippen LogP contribution is -2.29. The highest BCUT2D eigenvalue weighted by molar-refractivity contribution is 5.78. The van der Waals surface area contributed by atoms with Crippen LogP contribution >= 0.6 is 0 Å². The largest absolute Gasteiger partial charge is 0.497 e. The fourth-order valence-corrected chi connectivity index (χ4v) is 1.93. The van der Waals surface area contributed by atoms with Crippen LogP contribution in [0.4, 0.5) is 4.39 Å². The van der Waals surface area contributed by atoms with E-state index in [0.717, 1.165) is 0 Å². The molecule has 0 fully saturated rings. The van der Waals surface area contributed by atoms with E-state index < -0.39 is 0 Å². The highest BCUT2D eigenvalue weighted by Crippen LogP contribution is 2.18. The fraction of sp³-hybridized carbons (Fsp3) is 0.235. The normalized spacial score (nSPS) is 10.1. The van der Waals surface area contributed by atoms with Crippen LogP contribution in [0.15, 0.2) is 48.5 Å². The van der Waals surface area contributed by atoms with Gasteiger partial charge < -0.3 is 14.8 Å². The molecule has 0 saturated heterocycles. The third-order valence-corrected chi connectivity index (χ3v) is 3.04. The SMILES string of the molecule is COc1cccc(OCCNC(=O)Cc2ccccc2F)c1. The molecular weight excluding hydrogens is 285 g/mol. The number of hydrogen-bond donors (Lipinski definition) is 1. The number of amides is 1. The second-order valence-electron chi connectivity index (χ2n) is 4.65. The Hall–Kier alpha value is -2.56. The van der Waals surface area contributed by atoms with Crippen molar-refractivity contribution in [1.82, 2.24) is 5.32 Å². The maximum absolute atomic E-state index is 13.4. The van der Waals surface area contributed by atoms with Crippen LogP contribution in [0.2, 0.25) is 0 Å². The van der Waals surface area contributed by atoms with Gasteiger partial charge in [-0.2, -0.15) is 0 Å². The summed E-state index contributed by atoms with van der Waals surface area (Å²) in [5.74, 6) is 0.772. The molecule has 2 aromatic carbocycles. The van der Waals surface area contributed by atoms with Crippen molar-refractivity contribution in [2.45, 2.75) is 6.42 Å². The summed E-state index contributed by atoms with van der Waals surface area (Å²) in [4.78, 5) is 11.7. The first-order valence-electron chi connectivity index (χ1n) is 6.96. The summed E-state index contributed by atoms with van der Waals surface area (Å²) in [7, 11) is 1.59. The lowest BCUT2D eigenvalue weighted by molar-refractivity contribution is -0.120. The minimum atomic E-state index is -0.370. The van der Waals surface area contributed by atoms with Crippen molar-refractivity contribution in [2.75, 3.05) is 20.3 Å². The Morgan fingerprint density at radius 1 is 1.14 bits per heavy atom. The summed E-state index contributed by atoms with van der Waals surface area (Å²) in [6.45, 7) is 0.681. The molecular formula is C17H18FNO3. The van der Waals surface area contributed by atoms with Crippen molar-refractivity contribution >= 4 is 5.91 Å². The Balaban J connectivity index is 1.72. The molecule has 0 spiro atoms. The average Bonchev–Trinajstić information content (AvgIpc) is 2.54. The predicted octanol–water partition coefficient (Wildman–Crippen LogP) is 2.57. The van der Waals surface area contributed by atoms with Crippen LogP contribution in [-0.4, -0.2) is 26.2 Å². The van der Waals surface area contributed by atoms with E-state index in [1.807, 2.05) is 18.2 Å². The number of hydrogen-bond acceptors (Lipinski definition) is 3. The standard InChI is InChI=1S/C17H18FNO3/c1-21-14-6-4-7-15(12-14)22-10-9-19-17(20)11-13-5-2-3-8-16(13)18/h2-8,12H,9-11H2,1H3,(H,19,20). The van der Waals surface area contributed by atoms with Gasteiger partial charge in [-0.25, -0.2) is 4.39 Å². The molecule has 4 nitrogen and oxygen atoms in total. The monoisotopic (exact) mass is 303 g/mol. The van der Waals surface area contributed by atoms with Gasteiger partial charge in [0.25, 0.3) is 0 Å². The Morgan fingerprint density at radius 3 is 2.68 bits per heavy atom. The van der Waals surface area contributed by atoms with Gasteiger partial charge in [0.05, 0.1) is 20.1 Å². The van der Waals surface area contributed by atoms with Crippen molar-refractivity contribution in [3.63, 3.8) is 0 Å². The van der Waals surface area contributed by atoms with Gasteiger partial charge in [-0.1, -0.05) is 24.3 Å². The molecule has 0 radical (unpaired) electrons. The number of carbonyl (C=O) groups is 1. The summed E-state index contributed by atoms with van der Waals surface area (Å²) >= 11 is 0. The molecule has 1 N–H and O–H groups in total. The molecule has 0 bridgehead atoms. The Labute approximate surface area is 128 Å². The van der Waals surface area contributed by atoms with E-state index in [-0.39, 0.29) is 18.1 Å². The first kappa shape index (κ1) is 15.8. The molecule has 0 atom stereocenters. The molecule has 0 heterocycles. The quantitative estimate of drug-likeness (QED) is 0.800. The molecule has 2 aromatic rings. The van der Waals surface area contributed by atoms with Gasteiger partial charge in [-0.3, -0.25) is 4.79 Å². The van der Waals surface area contributed by atoms with Gasteiger partial charge >= 0.3 is 0 Å². The van der Waals surface area contributed by atoms with E-state index in [1.165, 1.54) is 6.07 Å². The highest BCUT2D eigenvalue weighted by Gasteiger charge is 2.07. The van der Waals surface area contributed by atoms with Crippen molar-refractivity contribution < 1.29 is 18.7 Å². The van der Waals surface area contributed by atoms with E-state index >= 15 is 0 Å². The van der Waals surface area contributed by atoms with Crippen LogP contribution in [0.25, 0.3) is 0 Å². The molecule has 0 saturated carbocycles. The zero-order chi connectivity index (χ0) is 15.8. The zero-order valence-electron chi connectivity index (χ0n) is 12.3. The van der Waals surface area contributed by atoms with Crippen LogP contribution < -0.4 is 14.8 Å². The molecule has 0 aliphatic carbocycles. The van der Waals surface area contributed by atoms with Gasteiger partial charge in [0, 0.05) is 6.07 Å². The van der Waals surface area contributed by atoms with Gasteiger partial charge in [0.1, 0.15) is 23.9 Å². The fourth-order valence-electron chi connectivity index (χ4n) is 1.93. The second kappa shape index (κ2) is 8.02. The molecule has 0 unspecified atom stereocenters. The predicted molar refractivity (Wildman–Crippen MR) is 81.6 cm³/mol. The molecule has 0 aliphatic heterocycles. The summed E-state index contributed by atoms with van der Waals surface area (Å²) < 4.78 is 24.0. The number of nitrogens with one attached hydrogen (secondary N) is 1. The van der Waals surface area contributed by atoms with E-state index in [1.54, 1.807) is 31.4 Å². The first-order valence-corrected chi connectivity index (χ1v) is 6.96. The molecule has 1 amide bonds. The van der Waals surface area contributed by atoms with Crippen molar-refractivity contribution in [2.24, 2.45) is 0 Å². The topological polar surface area (TPSA) is 47.6 Å². The summed E-state index contributed by atoms with van der Waals surface area (Å²) in [5.41, 5.74) is 0.383. The minimum Gasteiger partial charge on any atom is -0.497 e. The van der Waals surface area contributed by atoms with Crippen molar-refractivity contribution in [3.8, 4) is 11.5 Å². The van der Waals surface area contributed by atoms with E-state index in [9.17, 15) is 9.18 Å². The van der Waals surface area contributed by atoms with Gasteiger partial charge in [-0.05, 0) is 23.8 Å². The Morgan fingerprint density at radius 2 is 1.91 bits per heavy atom. The van der Waals surface area contributed by atoms with E-state index in [4.69, 9.17) is 9.47 Å². The zero-order valence-corrected chi connectivity index (χ0v) is 12.3. The third-order valence-electron chi connectivity index (χ3n) is 3.04. The number of rotatable bonds is 7. The molecule has 0 aliphatic rings. The van der Waals surface area contributed by atoms with E-state index in [0.29, 0.717) is 30.2 Å². The van der Waals surface area contributed by atoms with Crippen LogP contribution in [-0.2, 0) is 11.2 Å². The highest BCUT2D eigenvalue weighted by atomic mass is 19.1. The van der Waals surface area contributed by atoms with Crippen LogP contribution in [0.3, 0.4) is 0 Å². The molecule has 22 heavy (non-hydrogen) atoms. The molecule has 116 valence electrons. The minimum absolute atomic E-state index is 0.0197. The van der Waals surface area contributed by atoms with Crippen LogP contribution in [0, 0.1) is 5.82 Å². The van der Waals surface area contributed by atoms with Gasteiger partial charge in [0.2, 0.25) is 5.91 Å². The lowest BCUT2D eigenvalue weighted by Gasteiger charge is -2.09. The Bertz CT molecular complexity index is 631. The lowest BCUT2D eigenvalue weighted by atomic mass is 10.1. The second-order valence-corrected chi connectivity index (χ2v) is 4.65. The van der Waals surface area contributed by atoms with E-state index in [2.05, 4.69) is 5.32 Å². The van der Waals surface area contributed by atoms with Gasteiger partial charge in [0.15, 0.2) is 0 Å². The number of ether oxygens (including phenoxy) is 2. The number of benzene rings is 2. The number of carbonyl (C=O) groups excluding carboxylic acids is 1.